The van der Waals surface area contributed by atoms with Gasteiger partial charge in [0.1, 0.15) is 5.75 Å². The fraction of sp³-hybridized carbons (Fsp3) is 0.136. The number of rotatable bonds is 6. The Hall–Kier alpha value is -3.16. The van der Waals surface area contributed by atoms with Crippen molar-refractivity contribution < 1.29 is 23.1 Å². The van der Waals surface area contributed by atoms with Crippen LogP contribution in [0.3, 0.4) is 0 Å². The fourth-order valence-electron chi connectivity index (χ4n) is 3.78. The SMILES string of the molecule is COc1ccc(S(=O)(=O)N2[C@@H](c3ccccc3)[C@@]2(C(=O)O)c2ccccc2)cc1. The van der Waals surface area contributed by atoms with Gasteiger partial charge in [-0.3, -0.25) is 0 Å². The molecule has 1 aliphatic heterocycles. The predicted octanol–water partition coefficient (Wildman–Crippen LogP) is 3.42. The Labute approximate surface area is 169 Å². The van der Waals surface area contributed by atoms with Gasteiger partial charge in [0.15, 0.2) is 5.54 Å². The van der Waals surface area contributed by atoms with Gasteiger partial charge >= 0.3 is 5.97 Å². The van der Waals surface area contributed by atoms with Crippen molar-refractivity contribution in [1.29, 1.82) is 0 Å². The highest BCUT2D eigenvalue weighted by molar-refractivity contribution is 7.89. The Morgan fingerprint density at radius 3 is 2.00 bits per heavy atom. The number of hydrogen-bond acceptors (Lipinski definition) is 4. The number of benzene rings is 3. The lowest BCUT2D eigenvalue weighted by Crippen LogP contribution is -2.30. The summed E-state index contributed by atoms with van der Waals surface area (Å²) < 4.78 is 33.2. The van der Waals surface area contributed by atoms with Crippen LogP contribution in [0.25, 0.3) is 0 Å². The lowest BCUT2D eigenvalue weighted by atomic mass is 9.92. The van der Waals surface area contributed by atoms with Crippen molar-refractivity contribution in [1.82, 2.24) is 4.31 Å². The molecule has 0 spiro atoms. The van der Waals surface area contributed by atoms with E-state index in [-0.39, 0.29) is 4.90 Å². The summed E-state index contributed by atoms with van der Waals surface area (Å²) in [7, 11) is -2.60. The predicted molar refractivity (Wildman–Crippen MR) is 107 cm³/mol. The van der Waals surface area contributed by atoms with Gasteiger partial charge in [0.25, 0.3) is 0 Å². The topological polar surface area (TPSA) is 83.7 Å². The van der Waals surface area contributed by atoms with Crippen LogP contribution in [0, 0.1) is 0 Å². The fourth-order valence-corrected chi connectivity index (χ4v) is 5.66. The van der Waals surface area contributed by atoms with Crippen molar-refractivity contribution in [2.45, 2.75) is 16.5 Å². The first kappa shape index (κ1) is 19.2. The van der Waals surface area contributed by atoms with Gasteiger partial charge in [-0.2, -0.15) is 4.31 Å². The first-order valence-electron chi connectivity index (χ1n) is 8.96. The molecule has 0 aromatic heterocycles. The van der Waals surface area contributed by atoms with Crippen molar-refractivity contribution in [3.63, 3.8) is 0 Å². The number of sulfonamides is 1. The van der Waals surface area contributed by atoms with Gasteiger partial charge in [-0.25, -0.2) is 13.2 Å². The van der Waals surface area contributed by atoms with E-state index in [1.54, 1.807) is 72.8 Å². The van der Waals surface area contributed by atoms with Crippen molar-refractivity contribution in [3.8, 4) is 5.75 Å². The molecule has 1 aliphatic rings. The zero-order chi connectivity index (χ0) is 20.6. The van der Waals surface area contributed by atoms with Crippen LogP contribution in [-0.2, 0) is 20.4 Å². The summed E-state index contributed by atoms with van der Waals surface area (Å²) in [6.45, 7) is 0. The molecule has 1 saturated heterocycles. The van der Waals surface area contributed by atoms with E-state index in [9.17, 15) is 18.3 Å². The van der Waals surface area contributed by atoms with E-state index in [0.717, 1.165) is 4.31 Å². The number of hydrogen-bond donors (Lipinski definition) is 1. The third kappa shape index (κ3) is 2.90. The number of carbonyl (C=O) groups is 1. The molecule has 1 N–H and O–H groups in total. The highest BCUT2D eigenvalue weighted by Gasteiger charge is 2.75. The lowest BCUT2D eigenvalue weighted by molar-refractivity contribution is -0.141. The third-order valence-electron chi connectivity index (χ3n) is 5.18. The Bertz CT molecular complexity index is 1130. The van der Waals surface area contributed by atoms with Gasteiger partial charge in [-0.15, -0.1) is 0 Å². The van der Waals surface area contributed by atoms with Crippen molar-refractivity contribution >= 4 is 16.0 Å². The summed E-state index contributed by atoms with van der Waals surface area (Å²) in [6, 6.07) is 22.4. The molecule has 4 rings (SSSR count). The monoisotopic (exact) mass is 409 g/mol. The Morgan fingerprint density at radius 1 is 0.931 bits per heavy atom. The molecular weight excluding hydrogens is 390 g/mol. The molecule has 0 amide bonds. The summed E-state index contributed by atoms with van der Waals surface area (Å²) in [4.78, 5) is 12.5. The van der Waals surface area contributed by atoms with E-state index >= 15 is 0 Å². The quantitative estimate of drug-likeness (QED) is 0.631. The maximum Gasteiger partial charge on any atom is 0.331 e. The number of carboxylic acids is 1. The van der Waals surface area contributed by atoms with Crippen LogP contribution in [0.2, 0.25) is 0 Å². The Kier molecular flexibility index (Phi) is 4.64. The van der Waals surface area contributed by atoms with Gasteiger partial charge in [0, 0.05) is 0 Å². The summed E-state index contributed by atoms with van der Waals surface area (Å²) in [5, 5.41) is 10.2. The lowest BCUT2D eigenvalue weighted by Gasteiger charge is -2.14. The molecule has 3 atom stereocenters. The molecule has 3 aromatic carbocycles. The minimum absolute atomic E-state index is 0.0123. The maximum atomic E-state index is 13.5. The van der Waals surface area contributed by atoms with Gasteiger partial charge in [0.2, 0.25) is 10.0 Å². The van der Waals surface area contributed by atoms with Crippen molar-refractivity contribution in [3.05, 3.63) is 96.1 Å². The van der Waals surface area contributed by atoms with Crippen LogP contribution in [0.4, 0.5) is 0 Å². The van der Waals surface area contributed by atoms with Crippen molar-refractivity contribution in [2.75, 3.05) is 7.11 Å². The zero-order valence-corrected chi connectivity index (χ0v) is 16.4. The highest BCUT2D eigenvalue weighted by Crippen LogP contribution is 2.63. The van der Waals surface area contributed by atoms with Crippen LogP contribution >= 0.6 is 0 Å². The van der Waals surface area contributed by atoms with Crippen LogP contribution in [0.15, 0.2) is 89.8 Å². The molecule has 3 aromatic rings. The molecule has 29 heavy (non-hydrogen) atoms. The average Bonchev–Trinajstić information content (AvgIpc) is 3.48. The highest BCUT2D eigenvalue weighted by atomic mass is 32.2. The molecule has 0 aliphatic carbocycles. The van der Waals surface area contributed by atoms with Crippen LogP contribution in [-0.4, -0.2) is 30.9 Å². The van der Waals surface area contributed by atoms with Crippen LogP contribution in [0.5, 0.6) is 5.75 Å². The molecule has 7 heteroatoms. The van der Waals surface area contributed by atoms with Crippen molar-refractivity contribution in [2.24, 2.45) is 0 Å². The summed E-state index contributed by atoms with van der Waals surface area (Å²) in [6.07, 6.45) is 0. The first-order chi connectivity index (χ1) is 13.9. The van der Waals surface area contributed by atoms with Gasteiger partial charge in [0.05, 0.1) is 18.0 Å². The average molecular weight is 409 g/mol. The normalized spacial score (nSPS) is 23.3. The number of aliphatic carboxylic acids is 1. The van der Waals surface area contributed by atoms with E-state index in [4.69, 9.17) is 4.74 Å². The molecule has 148 valence electrons. The molecule has 1 fully saturated rings. The molecule has 0 radical (unpaired) electrons. The van der Waals surface area contributed by atoms with Gasteiger partial charge in [-0.05, 0) is 35.4 Å². The zero-order valence-electron chi connectivity index (χ0n) is 15.6. The molecular formula is C22H19NO5S. The summed E-state index contributed by atoms with van der Waals surface area (Å²) in [5.74, 6) is -0.698. The van der Waals surface area contributed by atoms with Gasteiger partial charge < -0.3 is 9.84 Å². The largest absolute Gasteiger partial charge is 0.497 e. The summed E-state index contributed by atoms with van der Waals surface area (Å²) in [5.41, 5.74) is -0.671. The minimum atomic E-state index is -4.09. The first-order valence-corrected chi connectivity index (χ1v) is 10.4. The molecule has 1 heterocycles. The molecule has 6 nitrogen and oxygen atoms in total. The third-order valence-corrected chi connectivity index (χ3v) is 7.07. The van der Waals surface area contributed by atoms with Gasteiger partial charge in [-0.1, -0.05) is 60.7 Å². The smallest absolute Gasteiger partial charge is 0.331 e. The number of ether oxygens (including phenoxy) is 1. The molecule has 0 bridgehead atoms. The summed E-state index contributed by atoms with van der Waals surface area (Å²) >= 11 is 0. The Morgan fingerprint density at radius 2 is 1.48 bits per heavy atom. The number of methoxy groups -OCH3 is 1. The molecule has 0 saturated carbocycles. The van der Waals surface area contributed by atoms with E-state index < -0.39 is 27.6 Å². The van der Waals surface area contributed by atoms with E-state index in [1.807, 2.05) is 0 Å². The number of nitrogens with zero attached hydrogens (tertiary/aromatic N) is 1. The minimum Gasteiger partial charge on any atom is -0.497 e. The second-order valence-corrected chi connectivity index (χ2v) is 8.54. The van der Waals surface area contributed by atoms with Crippen LogP contribution in [0.1, 0.15) is 17.2 Å². The maximum absolute atomic E-state index is 13.5. The van der Waals surface area contributed by atoms with Crippen LogP contribution < -0.4 is 4.74 Å². The number of carboxylic acid groups (broad SMARTS) is 1. The van der Waals surface area contributed by atoms with E-state index in [0.29, 0.717) is 16.9 Å². The van der Waals surface area contributed by atoms with E-state index in [2.05, 4.69) is 0 Å². The Balaban J connectivity index is 1.90. The van der Waals surface area contributed by atoms with E-state index in [1.165, 1.54) is 19.2 Å². The standard InChI is InChI=1S/C22H19NO5S/c1-28-18-12-14-19(15-13-18)29(26,27)23-20(16-8-4-2-5-9-16)22(23,21(24)25)17-10-6-3-7-11-17/h2-15,20H,1H3,(H,24,25)/t20-,22+,23?/m0/s1. The molecule has 1 unspecified atom stereocenters. The second kappa shape index (κ2) is 7.02. The second-order valence-electron chi connectivity index (χ2n) is 6.73.